The molecule has 4 heterocycles. The number of aromatic nitrogens is 1. The smallest absolute Gasteiger partial charge is 0.216 e. The van der Waals surface area contributed by atoms with Gasteiger partial charge in [0.25, 0.3) is 0 Å². The monoisotopic (exact) mass is 366 g/mol. The first-order chi connectivity index (χ1) is 13.1. The molecular weight excluding hydrogens is 340 g/mol. The van der Waals surface area contributed by atoms with Gasteiger partial charge in [-0.15, -0.1) is 0 Å². The van der Waals surface area contributed by atoms with Gasteiger partial charge in [-0.2, -0.15) is 5.26 Å². The van der Waals surface area contributed by atoms with Crippen LogP contribution < -0.4 is 10.2 Å². The maximum Gasteiger partial charge on any atom is 0.216 e. The van der Waals surface area contributed by atoms with Gasteiger partial charge in [-0.1, -0.05) is 0 Å². The molecule has 1 aliphatic carbocycles. The minimum Gasteiger partial charge on any atom is -0.369 e. The zero-order valence-electron chi connectivity index (χ0n) is 15.8. The van der Waals surface area contributed by atoms with E-state index in [1.807, 2.05) is 0 Å². The first kappa shape index (κ1) is 17.0. The number of carbonyl (C=O) groups excluding carboxylic acids is 1. The Morgan fingerprint density at radius 1 is 1.48 bits per heavy atom. The second-order valence-corrected chi connectivity index (χ2v) is 8.63. The maximum atomic E-state index is 11.4. The molecule has 1 aromatic rings. The fourth-order valence-corrected chi connectivity index (χ4v) is 5.83. The summed E-state index contributed by atoms with van der Waals surface area (Å²) in [5.74, 6) is 1.61. The van der Waals surface area contributed by atoms with Crippen molar-refractivity contribution in [1.29, 1.82) is 5.26 Å². The molecule has 142 valence electrons. The van der Waals surface area contributed by atoms with Crippen molar-refractivity contribution in [3.8, 4) is 6.07 Å². The Morgan fingerprint density at radius 3 is 3.15 bits per heavy atom. The predicted molar refractivity (Wildman–Crippen MR) is 100 cm³/mol. The quantitative estimate of drug-likeness (QED) is 0.885. The topological polar surface area (TPSA) is 78.3 Å². The zero-order valence-corrected chi connectivity index (χ0v) is 15.8. The second kappa shape index (κ2) is 6.20. The molecule has 0 saturated carbocycles. The molecule has 27 heavy (non-hydrogen) atoms. The average Bonchev–Trinajstić information content (AvgIpc) is 3.33. The van der Waals surface area contributed by atoms with Gasteiger partial charge in [0.05, 0.1) is 17.3 Å². The molecule has 3 aliphatic heterocycles. The van der Waals surface area contributed by atoms with E-state index >= 15 is 0 Å². The molecule has 1 spiro atoms. The van der Waals surface area contributed by atoms with Crippen LogP contribution in [0, 0.1) is 23.2 Å². The first-order valence-electron chi connectivity index (χ1n) is 10.2. The number of amides is 1. The van der Waals surface area contributed by atoms with Crippen molar-refractivity contribution in [1.82, 2.24) is 10.3 Å². The van der Waals surface area contributed by atoms with Crippen LogP contribution in [0.25, 0.3) is 0 Å². The fraction of sp³-hybridized carbons (Fsp3) is 0.667. The fourth-order valence-electron chi connectivity index (χ4n) is 5.83. The molecule has 1 aromatic heterocycles. The van der Waals surface area contributed by atoms with Crippen molar-refractivity contribution in [2.75, 3.05) is 24.5 Å². The molecule has 3 saturated heterocycles. The number of aryl methyl sites for hydroxylation is 2. The Bertz CT molecular complexity index is 832. The van der Waals surface area contributed by atoms with E-state index in [9.17, 15) is 10.1 Å². The maximum absolute atomic E-state index is 11.4. The summed E-state index contributed by atoms with van der Waals surface area (Å²) in [6.45, 7) is 3.93. The second-order valence-electron chi connectivity index (χ2n) is 8.63. The standard InChI is InChI=1S/C21H26N4O2/c1-13(26)23-10-16-17-11-25(12-21(17)7-6-19(16)27-21)20-15(9-22)8-14-4-2-3-5-18(14)24-20/h8,16-17,19H,2-7,10-12H2,1H3,(H,23,26)/t16-,17+,19+,21+/m0/s1. The molecule has 6 nitrogen and oxygen atoms in total. The average molecular weight is 366 g/mol. The molecule has 5 rings (SSSR count). The zero-order chi connectivity index (χ0) is 18.6. The van der Waals surface area contributed by atoms with E-state index in [0.717, 1.165) is 44.6 Å². The molecule has 3 fully saturated rings. The van der Waals surface area contributed by atoms with Crippen LogP contribution in [0.3, 0.4) is 0 Å². The minimum atomic E-state index is -0.127. The highest BCUT2D eigenvalue weighted by atomic mass is 16.5. The normalized spacial score (nSPS) is 33.5. The van der Waals surface area contributed by atoms with Crippen LogP contribution in [-0.4, -0.2) is 42.2 Å². The Balaban J connectivity index is 1.44. The Labute approximate surface area is 159 Å². The SMILES string of the molecule is CC(=O)NC[C@H]1[C@H]2CN(c3nc4c(cc3C#N)CCCC4)C[C@]23CC[C@H]1O3. The van der Waals surface area contributed by atoms with Gasteiger partial charge in [-0.3, -0.25) is 4.79 Å². The third-order valence-corrected chi connectivity index (χ3v) is 7.07. The molecular formula is C21H26N4O2. The van der Waals surface area contributed by atoms with Crippen molar-refractivity contribution in [3.63, 3.8) is 0 Å². The lowest BCUT2D eigenvalue weighted by molar-refractivity contribution is -0.119. The van der Waals surface area contributed by atoms with Gasteiger partial charge < -0.3 is 15.0 Å². The number of hydrogen-bond donors (Lipinski definition) is 1. The number of rotatable bonds is 3. The molecule has 0 unspecified atom stereocenters. The molecule has 4 atom stereocenters. The van der Waals surface area contributed by atoms with E-state index in [-0.39, 0.29) is 17.6 Å². The number of anilines is 1. The highest BCUT2D eigenvalue weighted by Gasteiger charge is 2.63. The number of ether oxygens (including phenoxy) is 1. The summed E-state index contributed by atoms with van der Waals surface area (Å²) >= 11 is 0. The van der Waals surface area contributed by atoms with Crippen LogP contribution in [0.15, 0.2) is 6.07 Å². The van der Waals surface area contributed by atoms with Crippen LogP contribution in [0.2, 0.25) is 0 Å². The van der Waals surface area contributed by atoms with Crippen molar-refractivity contribution in [3.05, 3.63) is 22.9 Å². The van der Waals surface area contributed by atoms with Crippen LogP contribution in [0.4, 0.5) is 5.82 Å². The molecule has 0 aromatic carbocycles. The lowest BCUT2D eigenvalue weighted by Crippen LogP contribution is -2.41. The van der Waals surface area contributed by atoms with E-state index in [2.05, 4.69) is 22.4 Å². The Hall–Kier alpha value is -2.13. The third kappa shape index (κ3) is 2.63. The van der Waals surface area contributed by atoms with Gasteiger partial charge in [0.15, 0.2) is 0 Å². The van der Waals surface area contributed by atoms with Crippen LogP contribution in [0.1, 0.15) is 49.4 Å². The number of hydrogen-bond acceptors (Lipinski definition) is 5. The van der Waals surface area contributed by atoms with Crippen molar-refractivity contribution in [2.45, 2.75) is 57.2 Å². The van der Waals surface area contributed by atoms with E-state index in [1.54, 1.807) is 6.92 Å². The number of nitrogens with one attached hydrogen (secondary N) is 1. The largest absolute Gasteiger partial charge is 0.369 e. The summed E-state index contributed by atoms with van der Waals surface area (Å²) in [6, 6.07) is 4.44. The Morgan fingerprint density at radius 2 is 2.33 bits per heavy atom. The lowest BCUT2D eigenvalue weighted by atomic mass is 9.73. The van der Waals surface area contributed by atoms with Gasteiger partial charge in [0, 0.05) is 44.1 Å². The van der Waals surface area contributed by atoms with Gasteiger partial charge in [0.1, 0.15) is 11.9 Å². The van der Waals surface area contributed by atoms with E-state index in [1.165, 1.54) is 24.1 Å². The number of pyridine rings is 1. The van der Waals surface area contributed by atoms with Crippen LogP contribution >= 0.6 is 0 Å². The van der Waals surface area contributed by atoms with Gasteiger partial charge >= 0.3 is 0 Å². The first-order valence-corrected chi connectivity index (χ1v) is 10.2. The predicted octanol–water partition coefficient (Wildman–Crippen LogP) is 1.95. The van der Waals surface area contributed by atoms with Gasteiger partial charge in [-0.05, 0) is 50.2 Å². The lowest BCUT2D eigenvalue weighted by Gasteiger charge is -2.29. The molecule has 2 bridgehead atoms. The van der Waals surface area contributed by atoms with Crippen molar-refractivity contribution in [2.24, 2.45) is 11.8 Å². The van der Waals surface area contributed by atoms with Crippen molar-refractivity contribution >= 4 is 11.7 Å². The van der Waals surface area contributed by atoms with E-state index < -0.39 is 0 Å². The summed E-state index contributed by atoms with van der Waals surface area (Å²) in [5.41, 5.74) is 2.99. The number of fused-ring (bicyclic) bond motifs is 2. The van der Waals surface area contributed by atoms with Crippen LogP contribution in [0.5, 0.6) is 0 Å². The number of nitrogens with zero attached hydrogens (tertiary/aromatic N) is 3. The molecule has 6 heteroatoms. The van der Waals surface area contributed by atoms with Gasteiger partial charge in [0.2, 0.25) is 5.91 Å². The molecule has 1 amide bonds. The number of carbonyl (C=O) groups is 1. The summed E-state index contributed by atoms with van der Waals surface area (Å²) in [7, 11) is 0. The number of nitriles is 1. The highest BCUT2D eigenvalue weighted by molar-refractivity contribution is 5.72. The molecule has 1 N–H and O–H groups in total. The van der Waals surface area contributed by atoms with Crippen molar-refractivity contribution < 1.29 is 9.53 Å². The summed E-state index contributed by atoms with van der Waals surface area (Å²) in [5, 5.41) is 12.7. The van der Waals surface area contributed by atoms with Gasteiger partial charge in [-0.25, -0.2) is 4.98 Å². The summed E-state index contributed by atoms with van der Waals surface area (Å²) < 4.78 is 6.46. The molecule has 0 radical (unpaired) electrons. The highest BCUT2D eigenvalue weighted by Crippen LogP contribution is 2.55. The van der Waals surface area contributed by atoms with Crippen LogP contribution in [-0.2, 0) is 22.4 Å². The van der Waals surface area contributed by atoms with E-state index in [4.69, 9.17) is 9.72 Å². The molecule has 4 aliphatic rings. The third-order valence-electron chi connectivity index (χ3n) is 7.07. The summed E-state index contributed by atoms with van der Waals surface area (Å²) in [6.07, 6.45) is 6.82. The summed E-state index contributed by atoms with van der Waals surface area (Å²) in [4.78, 5) is 18.6. The van der Waals surface area contributed by atoms with E-state index in [0.29, 0.717) is 23.9 Å². The Kier molecular flexibility index (Phi) is 3.90. The minimum absolute atomic E-state index is 0.0183.